The molecule has 0 saturated carbocycles. The number of carbonyl (C=O) groups is 2. The molecule has 0 aliphatic heterocycles. The van der Waals surface area contributed by atoms with E-state index in [1.165, 1.54) is 193 Å². The van der Waals surface area contributed by atoms with Gasteiger partial charge in [-0.15, -0.1) is 0 Å². The average Bonchev–Trinajstić information content (AvgIpc) is 3.28. The molecule has 0 bridgehead atoms. The van der Waals surface area contributed by atoms with Crippen molar-refractivity contribution in [3.8, 4) is 0 Å². The minimum absolute atomic E-state index is 0.105. The fourth-order valence-corrected chi connectivity index (χ4v) is 7.87. The highest BCUT2D eigenvalue weighted by Gasteiger charge is 2.15. The van der Waals surface area contributed by atoms with E-state index in [4.69, 9.17) is 9.47 Å². The summed E-state index contributed by atoms with van der Waals surface area (Å²) in [5, 5.41) is 9.58. The molecule has 0 aromatic carbocycles. The van der Waals surface area contributed by atoms with Crippen molar-refractivity contribution in [3.05, 3.63) is 60.8 Å². The summed E-state index contributed by atoms with van der Waals surface area (Å²) in [6.45, 7) is 3.97. The summed E-state index contributed by atoms with van der Waals surface area (Å²) in [6, 6.07) is 0. The van der Waals surface area contributed by atoms with Gasteiger partial charge in [-0.2, -0.15) is 0 Å². The molecule has 0 radical (unpaired) electrons. The zero-order chi connectivity index (χ0) is 44.9. The van der Waals surface area contributed by atoms with Crippen LogP contribution in [-0.2, 0) is 19.1 Å². The van der Waals surface area contributed by atoms with Crippen molar-refractivity contribution in [1.82, 2.24) is 0 Å². The molecule has 0 aromatic heterocycles. The van der Waals surface area contributed by atoms with E-state index in [0.717, 1.165) is 51.4 Å². The fourth-order valence-electron chi connectivity index (χ4n) is 7.87. The molecule has 62 heavy (non-hydrogen) atoms. The summed E-state index contributed by atoms with van der Waals surface area (Å²) in [4.78, 5) is 24.3. The Morgan fingerprint density at radius 2 is 0.677 bits per heavy atom. The fraction of sp³-hybridized carbons (Fsp3) is 0.789. The zero-order valence-electron chi connectivity index (χ0n) is 41.1. The number of carbonyl (C=O) groups excluding carboxylic acids is 2. The normalized spacial score (nSPS) is 12.6. The summed E-state index contributed by atoms with van der Waals surface area (Å²) < 4.78 is 10.6. The largest absolute Gasteiger partial charge is 0.462 e. The van der Waals surface area contributed by atoms with Crippen LogP contribution in [0.25, 0.3) is 0 Å². The molecule has 0 spiro atoms. The average molecular weight is 867 g/mol. The number of allylic oxidation sites excluding steroid dienone is 9. The molecule has 0 amide bonds. The third-order valence-electron chi connectivity index (χ3n) is 11.9. The maximum atomic E-state index is 12.2. The monoisotopic (exact) mass is 867 g/mol. The lowest BCUT2D eigenvalue weighted by Gasteiger charge is -2.15. The standard InChI is InChI=1S/C57H102O5/c1-3-5-7-9-11-13-15-17-19-20-21-22-23-24-25-26-27-28-29-30-31-32-33-34-35-36-38-39-41-43-45-47-49-51-56(59)61-54-55(53-58)62-57(60)52-50-48-46-44-42-40-37-18-16-14-12-10-8-6-4-2/h6,8,12,14,18,37,42,44,48,50,55,58H,3-5,7,9-11,13,15-17,19-36,38-41,43,45-47,49,51-54H2,1-2H3/b8-6-,14-12-,37-18-,44-42-,50-48-. The topological polar surface area (TPSA) is 72.8 Å². The van der Waals surface area contributed by atoms with Gasteiger partial charge in [-0.25, -0.2) is 0 Å². The molecule has 0 aliphatic carbocycles. The second-order valence-corrected chi connectivity index (χ2v) is 18.0. The molecule has 0 aliphatic rings. The van der Waals surface area contributed by atoms with Crippen molar-refractivity contribution in [1.29, 1.82) is 0 Å². The van der Waals surface area contributed by atoms with Gasteiger partial charge in [0.05, 0.1) is 13.0 Å². The first-order chi connectivity index (χ1) is 30.6. The van der Waals surface area contributed by atoms with Crippen molar-refractivity contribution in [2.24, 2.45) is 0 Å². The van der Waals surface area contributed by atoms with Gasteiger partial charge in [0.25, 0.3) is 0 Å². The van der Waals surface area contributed by atoms with Crippen molar-refractivity contribution >= 4 is 11.9 Å². The molecule has 1 unspecified atom stereocenters. The van der Waals surface area contributed by atoms with Crippen LogP contribution in [0.5, 0.6) is 0 Å². The first-order valence-electron chi connectivity index (χ1n) is 26.8. The molecule has 0 heterocycles. The first kappa shape index (κ1) is 59.6. The third kappa shape index (κ3) is 50.2. The van der Waals surface area contributed by atoms with Crippen molar-refractivity contribution in [3.63, 3.8) is 0 Å². The van der Waals surface area contributed by atoms with Gasteiger partial charge >= 0.3 is 11.9 Å². The minimum Gasteiger partial charge on any atom is -0.462 e. The molecule has 0 rings (SSSR count). The second-order valence-electron chi connectivity index (χ2n) is 18.0. The molecule has 1 N–H and O–H groups in total. The van der Waals surface area contributed by atoms with Gasteiger partial charge in [-0.3, -0.25) is 9.59 Å². The Bertz CT molecular complexity index is 1070. The van der Waals surface area contributed by atoms with Gasteiger partial charge in [0, 0.05) is 6.42 Å². The highest BCUT2D eigenvalue weighted by Crippen LogP contribution is 2.17. The van der Waals surface area contributed by atoms with Gasteiger partial charge in [-0.05, 0) is 38.5 Å². The molecule has 0 fully saturated rings. The summed E-state index contributed by atoms with van der Waals surface area (Å²) in [6.07, 6.45) is 70.9. The Balaban J connectivity index is 3.44. The van der Waals surface area contributed by atoms with Gasteiger partial charge < -0.3 is 14.6 Å². The Kier molecular flexibility index (Phi) is 50.9. The number of hydrogen-bond donors (Lipinski definition) is 1. The number of rotatable bonds is 49. The van der Waals surface area contributed by atoms with E-state index in [1.807, 2.05) is 6.08 Å². The predicted molar refractivity (Wildman–Crippen MR) is 270 cm³/mol. The molecular weight excluding hydrogens is 765 g/mol. The lowest BCUT2D eigenvalue weighted by molar-refractivity contribution is -0.160. The molecule has 0 saturated heterocycles. The Labute approximate surface area is 385 Å². The maximum absolute atomic E-state index is 12.2. The van der Waals surface area contributed by atoms with Crippen molar-refractivity contribution in [2.75, 3.05) is 13.2 Å². The Hall–Kier alpha value is -2.40. The maximum Gasteiger partial charge on any atom is 0.310 e. The highest BCUT2D eigenvalue weighted by molar-refractivity contribution is 5.71. The van der Waals surface area contributed by atoms with E-state index in [2.05, 4.69) is 62.5 Å². The lowest BCUT2D eigenvalue weighted by atomic mass is 10.0. The van der Waals surface area contributed by atoms with E-state index in [0.29, 0.717) is 6.42 Å². The van der Waals surface area contributed by atoms with Crippen LogP contribution in [0, 0.1) is 0 Å². The summed E-state index contributed by atoms with van der Waals surface area (Å²) in [7, 11) is 0. The van der Waals surface area contributed by atoms with Crippen LogP contribution < -0.4 is 0 Å². The SMILES string of the molecule is CC/C=C\C/C=C\C/C=C\C/C=C\C/C=C\CC(=O)OC(CO)COC(=O)CCCCCCCCCCCCCCCCCCCCCCCCCCCCCCCCCCC. The van der Waals surface area contributed by atoms with Crippen LogP contribution in [0.2, 0.25) is 0 Å². The van der Waals surface area contributed by atoms with Crippen LogP contribution >= 0.6 is 0 Å². The molecule has 1 atom stereocenters. The smallest absolute Gasteiger partial charge is 0.310 e. The number of ether oxygens (including phenoxy) is 2. The number of unbranched alkanes of at least 4 members (excludes halogenated alkanes) is 32. The summed E-state index contributed by atoms with van der Waals surface area (Å²) in [5.41, 5.74) is 0. The van der Waals surface area contributed by atoms with E-state index in [-0.39, 0.29) is 25.6 Å². The molecular formula is C57H102O5. The first-order valence-corrected chi connectivity index (χ1v) is 26.8. The van der Waals surface area contributed by atoms with Crippen LogP contribution in [0.4, 0.5) is 0 Å². The molecule has 360 valence electrons. The summed E-state index contributed by atoms with van der Waals surface area (Å²) >= 11 is 0. The van der Waals surface area contributed by atoms with Gasteiger partial charge in [0.15, 0.2) is 6.10 Å². The number of aliphatic hydroxyl groups is 1. The molecule has 0 aromatic rings. The van der Waals surface area contributed by atoms with E-state index >= 15 is 0 Å². The van der Waals surface area contributed by atoms with Crippen LogP contribution in [0.1, 0.15) is 271 Å². The van der Waals surface area contributed by atoms with E-state index in [1.54, 1.807) is 6.08 Å². The van der Waals surface area contributed by atoms with Gasteiger partial charge in [0.1, 0.15) is 6.61 Å². The molecule has 5 nitrogen and oxygen atoms in total. The van der Waals surface area contributed by atoms with Crippen LogP contribution in [0.3, 0.4) is 0 Å². The summed E-state index contributed by atoms with van der Waals surface area (Å²) in [5.74, 6) is -0.731. The van der Waals surface area contributed by atoms with E-state index in [9.17, 15) is 14.7 Å². The van der Waals surface area contributed by atoms with Crippen LogP contribution in [-0.4, -0.2) is 36.4 Å². The molecule has 5 heteroatoms. The predicted octanol–water partition coefficient (Wildman–Crippen LogP) is 17.9. The van der Waals surface area contributed by atoms with Crippen molar-refractivity contribution in [2.45, 2.75) is 277 Å². The number of aliphatic hydroxyl groups excluding tert-OH is 1. The van der Waals surface area contributed by atoms with Gasteiger partial charge in [-0.1, -0.05) is 280 Å². The third-order valence-corrected chi connectivity index (χ3v) is 11.9. The van der Waals surface area contributed by atoms with Gasteiger partial charge in [0.2, 0.25) is 0 Å². The minimum atomic E-state index is -0.827. The Morgan fingerprint density at radius 1 is 0.387 bits per heavy atom. The highest BCUT2D eigenvalue weighted by atomic mass is 16.6. The van der Waals surface area contributed by atoms with Crippen molar-refractivity contribution < 1.29 is 24.2 Å². The number of hydrogen-bond acceptors (Lipinski definition) is 5. The quantitative estimate of drug-likeness (QED) is 0.0375. The van der Waals surface area contributed by atoms with Crippen LogP contribution in [0.15, 0.2) is 60.8 Å². The lowest BCUT2D eigenvalue weighted by Crippen LogP contribution is -2.28. The second kappa shape index (κ2) is 52.9. The Morgan fingerprint density at radius 3 is 0.984 bits per heavy atom. The van der Waals surface area contributed by atoms with E-state index < -0.39 is 12.1 Å². The zero-order valence-corrected chi connectivity index (χ0v) is 41.1. The number of esters is 2.